The molecular weight excluding hydrogens is 278 g/mol. The number of hydrogen-bond acceptors (Lipinski definition) is 2. The fourth-order valence-corrected chi connectivity index (χ4v) is 4.95. The topological polar surface area (TPSA) is 57.6 Å². The van der Waals surface area contributed by atoms with Crippen LogP contribution in [-0.4, -0.2) is 35.0 Å². The van der Waals surface area contributed by atoms with E-state index >= 15 is 0 Å². The van der Waals surface area contributed by atoms with Gasteiger partial charge in [-0.3, -0.25) is 9.59 Å². The van der Waals surface area contributed by atoms with E-state index in [1.807, 2.05) is 0 Å². The fourth-order valence-electron chi connectivity index (χ4n) is 4.95. The predicted octanol–water partition coefficient (Wildman–Crippen LogP) is 3.45. The maximum absolute atomic E-state index is 12.8. The molecule has 1 spiro atoms. The molecule has 3 fully saturated rings. The molecule has 1 saturated heterocycles. The van der Waals surface area contributed by atoms with E-state index in [0.717, 1.165) is 32.4 Å². The van der Waals surface area contributed by atoms with Gasteiger partial charge in [0.1, 0.15) is 0 Å². The summed E-state index contributed by atoms with van der Waals surface area (Å²) in [6.07, 6.45) is 11.9. The molecule has 0 bridgehead atoms. The van der Waals surface area contributed by atoms with E-state index in [1.54, 1.807) is 0 Å². The van der Waals surface area contributed by atoms with Gasteiger partial charge in [0.2, 0.25) is 5.91 Å². The number of piperidine rings is 1. The van der Waals surface area contributed by atoms with Gasteiger partial charge in [-0.25, -0.2) is 0 Å². The van der Waals surface area contributed by atoms with Crippen LogP contribution in [0.15, 0.2) is 0 Å². The maximum Gasteiger partial charge on any atom is 0.306 e. The number of rotatable bonds is 2. The Morgan fingerprint density at radius 1 is 0.864 bits per heavy atom. The molecule has 0 aromatic heterocycles. The van der Waals surface area contributed by atoms with E-state index in [9.17, 15) is 9.59 Å². The van der Waals surface area contributed by atoms with Gasteiger partial charge in [-0.2, -0.15) is 0 Å². The van der Waals surface area contributed by atoms with Gasteiger partial charge in [-0.05, 0) is 56.8 Å². The Morgan fingerprint density at radius 2 is 1.45 bits per heavy atom. The zero-order valence-electron chi connectivity index (χ0n) is 13.6. The van der Waals surface area contributed by atoms with Crippen LogP contribution in [0.3, 0.4) is 0 Å². The van der Waals surface area contributed by atoms with E-state index in [0.29, 0.717) is 24.2 Å². The molecule has 22 heavy (non-hydrogen) atoms. The van der Waals surface area contributed by atoms with Crippen molar-refractivity contribution in [3.8, 4) is 0 Å². The molecule has 4 nitrogen and oxygen atoms in total. The molecular formula is C18H29NO3. The van der Waals surface area contributed by atoms with E-state index in [4.69, 9.17) is 5.11 Å². The minimum atomic E-state index is -0.690. The SMILES string of the molecule is O=C(O)C1CCC(C(=O)N2CCCC3(CCCCC3)C2)CC1. The number of carboxylic acid groups (broad SMARTS) is 1. The summed E-state index contributed by atoms with van der Waals surface area (Å²) in [7, 11) is 0. The van der Waals surface area contributed by atoms with Crippen LogP contribution < -0.4 is 0 Å². The first-order valence-electron chi connectivity index (χ1n) is 9.11. The lowest BCUT2D eigenvalue weighted by molar-refractivity contribution is -0.147. The molecule has 1 heterocycles. The van der Waals surface area contributed by atoms with E-state index in [-0.39, 0.29) is 11.8 Å². The van der Waals surface area contributed by atoms with Crippen molar-refractivity contribution in [1.29, 1.82) is 0 Å². The lowest BCUT2D eigenvalue weighted by Crippen LogP contribution is -2.49. The molecule has 1 aliphatic heterocycles. The van der Waals surface area contributed by atoms with Gasteiger partial charge in [-0.15, -0.1) is 0 Å². The highest BCUT2D eigenvalue weighted by Gasteiger charge is 2.40. The largest absolute Gasteiger partial charge is 0.481 e. The molecule has 1 amide bonds. The Kier molecular flexibility index (Phi) is 4.74. The van der Waals surface area contributed by atoms with E-state index in [2.05, 4.69) is 4.90 Å². The Labute approximate surface area is 133 Å². The average Bonchev–Trinajstić information content (AvgIpc) is 2.55. The van der Waals surface area contributed by atoms with E-state index < -0.39 is 5.97 Å². The Morgan fingerprint density at radius 3 is 2.09 bits per heavy atom. The third-order valence-corrected chi connectivity index (χ3v) is 6.31. The van der Waals surface area contributed by atoms with Crippen molar-refractivity contribution in [1.82, 2.24) is 4.90 Å². The predicted molar refractivity (Wildman–Crippen MR) is 84.4 cm³/mol. The summed E-state index contributed by atoms with van der Waals surface area (Å²) in [5, 5.41) is 9.08. The van der Waals surface area contributed by atoms with Crippen molar-refractivity contribution < 1.29 is 14.7 Å². The Balaban J connectivity index is 1.57. The van der Waals surface area contributed by atoms with E-state index in [1.165, 1.54) is 38.5 Å². The highest BCUT2D eigenvalue weighted by Crippen LogP contribution is 2.43. The van der Waals surface area contributed by atoms with Crippen molar-refractivity contribution in [2.75, 3.05) is 13.1 Å². The summed E-state index contributed by atoms with van der Waals surface area (Å²) in [4.78, 5) is 26.0. The third kappa shape index (κ3) is 3.31. The molecule has 2 saturated carbocycles. The molecule has 0 radical (unpaired) electrons. The van der Waals surface area contributed by atoms with Gasteiger partial charge >= 0.3 is 5.97 Å². The third-order valence-electron chi connectivity index (χ3n) is 6.31. The number of carbonyl (C=O) groups is 2. The summed E-state index contributed by atoms with van der Waals surface area (Å²) in [5.74, 6) is -0.525. The van der Waals surface area contributed by atoms with Crippen molar-refractivity contribution >= 4 is 11.9 Å². The molecule has 0 unspecified atom stereocenters. The summed E-state index contributed by atoms with van der Waals surface area (Å²) in [6.45, 7) is 1.88. The van der Waals surface area contributed by atoms with Gasteiger partial charge in [0, 0.05) is 19.0 Å². The molecule has 3 aliphatic rings. The van der Waals surface area contributed by atoms with Crippen LogP contribution in [0, 0.1) is 17.3 Å². The summed E-state index contributed by atoms with van der Waals surface area (Å²) < 4.78 is 0. The second-order valence-electron chi connectivity index (χ2n) is 7.81. The van der Waals surface area contributed by atoms with Gasteiger partial charge in [0.15, 0.2) is 0 Å². The van der Waals surface area contributed by atoms with Crippen molar-refractivity contribution in [3.63, 3.8) is 0 Å². The van der Waals surface area contributed by atoms with Gasteiger partial charge in [-0.1, -0.05) is 19.3 Å². The van der Waals surface area contributed by atoms with Crippen LogP contribution in [0.5, 0.6) is 0 Å². The first kappa shape index (κ1) is 15.8. The molecule has 0 aromatic rings. The lowest BCUT2D eigenvalue weighted by atomic mass is 9.69. The number of nitrogens with zero attached hydrogens (tertiary/aromatic N) is 1. The summed E-state index contributed by atoms with van der Waals surface area (Å²) >= 11 is 0. The number of hydrogen-bond donors (Lipinski definition) is 1. The second kappa shape index (κ2) is 6.59. The van der Waals surface area contributed by atoms with Crippen molar-refractivity contribution in [2.24, 2.45) is 17.3 Å². The zero-order chi connectivity index (χ0) is 15.6. The highest BCUT2D eigenvalue weighted by molar-refractivity contribution is 5.79. The quantitative estimate of drug-likeness (QED) is 0.850. The monoisotopic (exact) mass is 307 g/mol. The first-order valence-corrected chi connectivity index (χ1v) is 9.11. The molecule has 4 heteroatoms. The van der Waals surface area contributed by atoms with Gasteiger partial charge in [0.05, 0.1) is 5.92 Å². The summed E-state index contributed by atoms with van der Waals surface area (Å²) in [5.41, 5.74) is 0.407. The minimum absolute atomic E-state index is 0.0781. The van der Waals surface area contributed by atoms with Gasteiger partial charge in [0.25, 0.3) is 0 Å². The summed E-state index contributed by atoms with van der Waals surface area (Å²) in [6, 6.07) is 0. The van der Waals surface area contributed by atoms with Crippen LogP contribution in [0.25, 0.3) is 0 Å². The number of likely N-dealkylation sites (tertiary alicyclic amines) is 1. The fraction of sp³-hybridized carbons (Fsp3) is 0.889. The van der Waals surface area contributed by atoms with Crippen LogP contribution >= 0.6 is 0 Å². The van der Waals surface area contributed by atoms with Crippen LogP contribution in [0.4, 0.5) is 0 Å². The molecule has 0 aromatic carbocycles. The van der Waals surface area contributed by atoms with Crippen molar-refractivity contribution in [3.05, 3.63) is 0 Å². The molecule has 3 rings (SSSR count). The van der Waals surface area contributed by atoms with Crippen molar-refractivity contribution in [2.45, 2.75) is 70.6 Å². The van der Waals surface area contributed by atoms with Crippen LogP contribution in [0.1, 0.15) is 70.6 Å². The van der Waals surface area contributed by atoms with Gasteiger partial charge < -0.3 is 10.0 Å². The molecule has 124 valence electrons. The first-order chi connectivity index (χ1) is 10.6. The standard InChI is InChI=1S/C18H29NO3/c20-16(14-5-7-15(8-6-14)17(21)22)19-12-4-11-18(13-19)9-2-1-3-10-18/h14-15H,1-13H2,(H,21,22). The lowest BCUT2D eigenvalue weighted by Gasteiger charge is -2.46. The number of aliphatic carboxylic acids is 1. The molecule has 2 aliphatic carbocycles. The molecule has 1 N–H and O–H groups in total. The smallest absolute Gasteiger partial charge is 0.306 e. The minimum Gasteiger partial charge on any atom is -0.481 e. The Hall–Kier alpha value is -1.06. The Bertz CT molecular complexity index is 415. The zero-order valence-corrected chi connectivity index (χ0v) is 13.6. The number of carboxylic acids is 1. The second-order valence-corrected chi connectivity index (χ2v) is 7.81. The normalized spacial score (nSPS) is 31.9. The van der Waals surface area contributed by atoms with Crippen LogP contribution in [-0.2, 0) is 9.59 Å². The maximum atomic E-state index is 12.8. The molecule has 0 atom stereocenters. The average molecular weight is 307 g/mol. The highest BCUT2D eigenvalue weighted by atomic mass is 16.4. The van der Waals surface area contributed by atoms with Crippen LogP contribution in [0.2, 0.25) is 0 Å². The number of carbonyl (C=O) groups excluding carboxylic acids is 1. The number of amides is 1.